The van der Waals surface area contributed by atoms with Crippen LogP contribution in [0.25, 0.3) is 0 Å². The molecule has 9 heteroatoms. The monoisotopic (exact) mass is 322 g/mol. The average molecular weight is 322 g/mol. The summed E-state index contributed by atoms with van der Waals surface area (Å²) >= 11 is 0. The lowest BCUT2D eigenvalue weighted by molar-refractivity contribution is -0.163. The number of carbonyl (C=O) groups is 2. The second-order valence-corrected chi connectivity index (χ2v) is 7.14. The minimum atomic E-state index is -3.25. The van der Waals surface area contributed by atoms with Gasteiger partial charge in [0.2, 0.25) is 6.79 Å². The highest BCUT2D eigenvalue weighted by molar-refractivity contribution is 7.52. The molecule has 1 N–H and O–H groups in total. The van der Waals surface area contributed by atoms with Gasteiger partial charge in [0, 0.05) is 6.66 Å². The molecular formula is C12H19O8P. The highest BCUT2D eigenvalue weighted by atomic mass is 31.2. The molecule has 2 heterocycles. The zero-order chi connectivity index (χ0) is 15.6. The average Bonchev–Trinajstić information content (AvgIpc) is 2.97. The number of fused-ring (bicyclic) bond motifs is 2. The third-order valence-corrected chi connectivity index (χ3v) is 4.98. The molecule has 21 heavy (non-hydrogen) atoms. The maximum atomic E-state index is 12.0. The highest BCUT2D eigenvalue weighted by Gasteiger charge is 2.56. The van der Waals surface area contributed by atoms with Crippen molar-refractivity contribution in [3.8, 4) is 0 Å². The molecule has 0 aromatic rings. The van der Waals surface area contributed by atoms with Crippen molar-refractivity contribution in [1.29, 1.82) is 0 Å². The standard InChI is InChI=1S/C12H19O8P/c1-3-18-21(2,16)19-6-17-12(15)10-8-5-4-7(20-8)9(10)11(13)14/h7-10H,3-6H2,1-2H3,(H,13,14). The first-order valence-electron chi connectivity index (χ1n) is 6.77. The number of carboxylic acid groups (broad SMARTS) is 1. The van der Waals surface area contributed by atoms with Crippen molar-refractivity contribution in [2.45, 2.75) is 32.0 Å². The van der Waals surface area contributed by atoms with Gasteiger partial charge in [0.1, 0.15) is 0 Å². The molecule has 0 saturated carbocycles. The van der Waals surface area contributed by atoms with E-state index in [4.69, 9.17) is 18.5 Å². The quantitative estimate of drug-likeness (QED) is 0.424. The van der Waals surface area contributed by atoms with Crippen molar-refractivity contribution in [2.24, 2.45) is 11.8 Å². The predicted octanol–water partition coefficient (Wildman–Crippen LogP) is 1.24. The second kappa shape index (κ2) is 6.44. The van der Waals surface area contributed by atoms with Gasteiger partial charge in [0.25, 0.3) is 0 Å². The van der Waals surface area contributed by atoms with Crippen molar-refractivity contribution in [2.75, 3.05) is 20.1 Å². The Morgan fingerprint density at radius 1 is 1.24 bits per heavy atom. The molecule has 2 bridgehead atoms. The number of ether oxygens (including phenoxy) is 2. The van der Waals surface area contributed by atoms with Gasteiger partial charge in [-0.1, -0.05) is 0 Å². The maximum Gasteiger partial charge on any atom is 0.330 e. The Labute approximate surface area is 122 Å². The number of hydrogen-bond acceptors (Lipinski definition) is 7. The number of esters is 1. The van der Waals surface area contributed by atoms with Crippen molar-refractivity contribution >= 4 is 19.5 Å². The lowest BCUT2D eigenvalue weighted by Crippen LogP contribution is -2.39. The van der Waals surface area contributed by atoms with E-state index in [2.05, 4.69) is 0 Å². The highest BCUT2D eigenvalue weighted by Crippen LogP contribution is 2.45. The summed E-state index contributed by atoms with van der Waals surface area (Å²) in [6.07, 6.45) is 0.409. The lowest BCUT2D eigenvalue weighted by Gasteiger charge is -2.23. The van der Waals surface area contributed by atoms with E-state index in [0.29, 0.717) is 12.8 Å². The van der Waals surface area contributed by atoms with Crippen LogP contribution in [0.4, 0.5) is 0 Å². The molecule has 0 aliphatic carbocycles. The molecule has 2 aliphatic rings. The van der Waals surface area contributed by atoms with Crippen LogP contribution < -0.4 is 0 Å². The molecule has 2 aliphatic heterocycles. The third kappa shape index (κ3) is 3.63. The van der Waals surface area contributed by atoms with Gasteiger partial charge in [-0.25, -0.2) is 0 Å². The third-order valence-electron chi connectivity index (χ3n) is 3.68. The van der Waals surface area contributed by atoms with Crippen LogP contribution in [0.3, 0.4) is 0 Å². The van der Waals surface area contributed by atoms with E-state index >= 15 is 0 Å². The first-order chi connectivity index (χ1) is 9.85. The van der Waals surface area contributed by atoms with Crippen LogP contribution in [0.15, 0.2) is 0 Å². The van der Waals surface area contributed by atoms with Gasteiger partial charge in [-0.15, -0.1) is 0 Å². The fraction of sp³-hybridized carbons (Fsp3) is 0.833. The largest absolute Gasteiger partial charge is 0.481 e. The Balaban J connectivity index is 1.88. The molecule has 0 aromatic carbocycles. The molecule has 0 amide bonds. The Morgan fingerprint density at radius 2 is 1.86 bits per heavy atom. The molecule has 2 saturated heterocycles. The molecule has 5 atom stereocenters. The van der Waals surface area contributed by atoms with Gasteiger partial charge < -0.3 is 19.1 Å². The van der Waals surface area contributed by atoms with E-state index in [0.717, 1.165) is 0 Å². The van der Waals surface area contributed by atoms with Crippen LogP contribution >= 0.6 is 7.60 Å². The van der Waals surface area contributed by atoms with Gasteiger partial charge in [-0.3, -0.25) is 18.7 Å². The molecule has 5 unspecified atom stereocenters. The Kier molecular flexibility index (Phi) is 5.03. The summed E-state index contributed by atoms with van der Waals surface area (Å²) in [6.45, 7) is 2.61. The Bertz CT molecular complexity index is 464. The summed E-state index contributed by atoms with van der Waals surface area (Å²) in [6, 6.07) is 0. The topological polar surface area (TPSA) is 108 Å². The maximum absolute atomic E-state index is 12.0. The van der Waals surface area contributed by atoms with E-state index < -0.39 is 50.4 Å². The summed E-state index contributed by atoms with van der Waals surface area (Å²) < 4.78 is 31.8. The lowest BCUT2D eigenvalue weighted by atomic mass is 9.79. The molecular weight excluding hydrogens is 303 g/mol. The zero-order valence-corrected chi connectivity index (χ0v) is 12.8. The first-order valence-corrected chi connectivity index (χ1v) is 8.76. The van der Waals surface area contributed by atoms with Crippen LogP contribution in [0.1, 0.15) is 19.8 Å². The van der Waals surface area contributed by atoms with Crippen molar-refractivity contribution in [3.05, 3.63) is 0 Å². The number of aliphatic carboxylic acids is 1. The first kappa shape index (κ1) is 16.4. The summed E-state index contributed by atoms with van der Waals surface area (Å²) in [5.41, 5.74) is 0. The second-order valence-electron chi connectivity index (χ2n) is 5.08. The summed E-state index contributed by atoms with van der Waals surface area (Å²) in [5, 5.41) is 9.20. The van der Waals surface area contributed by atoms with E-state index in [-0.39, 0.29) is 6.61 Å². The van der Waals surface area contributed by atoms with Crippen molar-refractivity contribution < 1.29 is 37.8 Å². The van der Waals surface area contributed by atoms with Gasteiger partial charge in [0.15, 0.2) is 0 Å². The Hall–Kier alpha value is -0.950. The van der Waals surface area contributed by atoms with Crippen LogP contribution in [-0.4, -0.2) is 49.3 Å². The minimum absolute atomic E-state index is 0.211. The molecule has 2 rings (SSSR count). The predicted molar refractivity (Wildman–Crippen MR) is 69.7 cm³/mol. The minimum Gasteiger partial charge on any atom is -0.481 e. The molecule has 0 spiro atoms. The van der Waals surface area contributed by atoms with E-state index in [9.17, 15) is 19.3 Å². The SMILES string of the molecule is CCOP(C)(=O)OCOC(=O)C1C2CCC(O2)C1C(=O)O. The van der Waals surface area contributed by atoms with Gasteiger partial charge in [-0.05, 0) is 19.8 Å². The molecule has 2 fully saturated rings. The Morgan fingerprint density at radius 3 is 2.43 bits per heavy atom. The smallest absolute Gasteiger partial charge is 0.330 e. The number of rotatable bonds is 7. The fourth-order valence-corrected chi connectivity index (χ4v) is 3.63. The van der Waals surface area contributed by atoms with Crippen LogP contribution in [0.5, 0.6) is 0 Å². The van der Waals surface area contributed by atoms with Crippen LogP contribution in [-0.2, 0) is 32.7 Å². The molecule has 0 aromatic heterocycles. The number of carbonyl (C=O) groups excluding carboxylic acids is 1. The van der Waals surface area contributed by atoms with E-state index in [1.807, 2.05) is 0 Å². The van der Waals surface area contributed by atoms with Gasteiger partial charge in [-0.2, -0.15) is 0 Å². The van der Waals surface area contributed by atoms with E-state index in [1.165, 1.54) is 6.66 Å². The molecule has 120 valence electrons. The summed E-state index contributed by atoms with van der Waals surface area (Å²) in [7, 11) is -3.25. The normalized spacial score (nSPS) is 33.6. The van der Waals surface area contributed by atoms with E-state index in [1.54, 1.807) is 6.92 Å². The molecule has 0 radical (unpaired) electrons. The van der Waals surface area contributed by atoms with Crippen LogP contribution in [0, 0.1) is 11.8 Å². The summed E-state index contributed by atoms with van der Waals surface area (Å²) in [5.74, 6) is -3.50. The zero-order valence-electron chi connectivity index (χ0n) is 11.9. The number of hydrogen-bond donors (Lipinski definition) is 1. The van der Waals surface area contributed by atoms with Crippen molar-refractivity contribution in [1.82, 2.24) is 0 Å². The fourth-order valence-electron chi connectivity index (χ4n) is 2.84. The van der Waals surface area contributed by atoms with Crippen molar-refractivity contribution in [3.63, 3.8) is 0 Å². The van der Waals surface area contributed by atoms with Crippen LogP contribution in [0.2, 0.25) is 0 Å². The molecule has 8 nitrogen and oxygen atoms in total. The number of carboxylic acids is 1. The van der Waals surface area contributed by atoms with Gasteiger partial charge in [0.05, 0.1) is 30.7 Å². The summed E-state index contributed by atoms with van der Waals surface area (Å²) in [4.78, 5) is 23.3. The van der Waals surface area contributed by atoms with Gasteiger partial charge >= 0.3 is 19.5 Å².